The Labute approximate surface area is 104 Å². The van der Waals surface area contributed by atoms with Crippen LogP contribution in [0, 0.1) is 0 Å². The molecule has 6 nitrogen and oxygen atoms in total. The van der Waals surface area contributed by atoms with E-state index < -0.39 is 43.3 Å². The minimum atomic E-state index is -3.68. The molecule has 0 aromatic rings. The number of methoxy groups -OCH3 is 1. The van der Waals surface area contributed by atoms with E-state index in [-0.39, 0.29) is 0 Å². The fraction of sp³-hybridized carbons (Fsp3) is 0.778. The number of esters is 1. The molecule has 3 atom stereocenters. The van der Waals surface area contributed by atoms with Crippen molar-refractivity contribution in [3.63, 3.8) is 0 Å². The first-order valence-electron chi connectivity index (χ1n) is 4.95. The number of ether oxygens (including phenoxy) is 1. The smallest absolute Gasteiger partial charge is 0.330 e. The molecule has 0 radical (unpaired) electrons. The molecule has 17 heavy (non-hydrogen) atoms. The molecule has 1 amide bonds. The molecular formula is C9H12ClNO5S. The Morgan fingerprint density at radius 1 is 1.47 bits per heavy atom. The zero-order chi connectivity index (χ0) is 13.2. The van der Waals surface area contributed by atoms with E-state index >= 15 is 0 Å². The number of fused-ring (bicyclic) bond motifs is 1. The SMILES string of the molecule is COC(=O)[C@@H]1N2C(=O)[C@@H](Cl)[C@H]2S(=O)(=O)C1(C)C. The predicted octanol–water partition coefficient (Wildman–Crippen LogP) is -0.489. The van der Waals surface area contributed by atoms with Crippen molar-refractivity contribution in [3.05, 3.63) is 0 Å². The quantitative estimate of drug-likeness (QED) is 0.368. The van der Waals surface area contributed by atoms with Gasteiger partial charge in [-0.1, -0.05) is 0 Å². The molecular weight excluding hydrogens is 270 g/mol. The number of hydrogen-bond donors (Lipinski definition) is 0. The monoisotopic (exact) mass is 281 g/mol. The lowest BCUT2D eigenvalue weighted by atomic mass is 9.98. The van der Waals surface area contributed by atoms with Crippen molar-refractivity contribution < 1.29 is 22.7 Å². The molecule has 8 heteroatoms. The van der Waals surface area contributed by atoms with E-state index in [4.69, 9.17) is 11.6 Å². The van der Waals surface area contributed by atoms with E-state index in [9.17, 15) is 18.0 Å². The standard InChI is InChI=1S/C9H12ClNO5S/c1-9(2)5(8(13)16-3)11-6(12)4(10)7(11)17(9,14)15/h4-5,7H,1-3H3/t4-,5+,7-/m1/s1. The van der Waals surface area contributed by atoms with Gasteiger partial charge in [0.2, 0.25) is 5.91 Å². The largest absolute Gasteiger partial charge is 0.467 e. The van der Waals surface area contributed by atoms with Crippen LogP contribution < -0.4 is 0 Å². The number of rotatable bonds is 1. The molecule has 0 aliphatic carbocycles. The molecule has 0 saturated carbocycles. The lowest BCUT2D eigenvalue weighted by Gasteiger charge is -2.39. The van der Waals surface area contributed by atoms with Gasteiger partial charge in [-0.2, -0.15) is 0 Å². The number of amides is 1. The van der Waals surface area contributed by atoms with Crippen LogP contribution in [0.3, 0.4) is 0 Å². The zero-order valence-corrected chi connectivity index (χ0v) is 11.1. The summed E-state index contributed by atoms with van der Waals surface area (Å²) in [5.74, 6) is -1.28. The van der Waals surface area contributed by atoms with Crippen LogP contribution in [0.25, 0.3) is 0 Å². The van der Waals surface area contributed by atoms with Gasteiger partial charge in [0.15, 0.2) is 15.2 Å². The Morgan fingerprint density at radius 3 is 2.47 bits per heavy atom. The maximum atomic E-state index is 12.2. The average molecular weight is 282 g/mol. The first-order chi connectivity index (χ1) is 7.67. The normalized spacial score (nSPS) is 37.3. The highest BCUT2D eigenvalue weighted by molar-refractivity contribution is 7.94. The molecule has 2 aliphatic rings. The molecule has 2 fully saturated rings. The minimum absolute atomic E-state index is 0.541. The highest BCUT2D eigenvalue weighted by atomic mass is 35.5. The third kappa shape index (κ3) is 1.24. The number of hydrogen-bond acceptors (Lipinski definition) is 5. The number of nitrogens with zero attached hydrogens (tertiary/aromatic N) is 1. The van der Waals surface area contributed by atoms with Crippen LogP contribution in [-0.2, 0) is 24.2 Å². The summed E-state index contributed by atoms with van der Waals surface area (Å²) in [6, 6.07) is -1.12. The van der Waals surface area contributed by atoms with Crippen LogP contribution in [0.15, 0.2) is 0 Å². The Bertz CT molecular complexity index is 500. The fourth-order valence-corrected chi connectivity index (χ4v) is 5.08. The van der Waals surface area contributed by atoms with Crippen LogP contribution in [-0.4, -0.2) is 53.8 Å². The summed E-state index contributed by atoms with van der Waals surface area (Å²) in [6.45, 7) is 2.80. The summed E-state index contributed by atoms with van der Waals surface area (Å²) in [4.78, 5) is 24.2. The molecule has 0 aromatic heterocycles. The summed E-state index contributed by atoms with van der Waals surface area (Å²) < 4.78 is 27.5. The maximum absolute atomic E-state index is 12.2. The second kappa shape index (κ2) is 3.35. The number of carbonyl (C=O) groups is 2. The summed E-state index contributed by atoms with van der Waals surface area (Å²) in [5, 5.41) is -2.22. The maximum Gasteiger partial charge on any atom is 0.330 e. The molecule has 2 rings (SSSR count). The second-order valence-corrected chi connectivity index (χ2v) is 7.71. The van der Waals surface area contributed by atoms with Crippen LogP contribution in [0.4, 0.5) is 0 Å². The van der Waals surface area contributed by atoms with Crippen molar-refractivity contribution in [2.75, 3.05) is 7.11 Å². The van der Waals surface area contributed by atoms with Crippen LogP contribution in [0.1, 0.15) is 13.8 Å². The summed E-state index contributed by atoms with van der Waals surface area (Å²) in [5.41, 5.74) is 0. The number of carbonyl (C=O) groups excluding carboxylic acids is 2. The van der Waals surface area contributed by atoms with Crippen LogP contribution >= 0.6 is 11.6 Å². The van der Waals surface area contributed by atoms with Gasteiger partial charge in [0.1, 0.15) is 16.2 Å². The van der Waals surface area contributed by atoms with E-state index in [1.54, 1.807) is 0 Å². The van der Waals surface area contributed by atoms with Crippen molar-refractivity contribution in [2.24, 2.45) is 0 Å². The molecule has 2 saturated heterocycles. The molecule has 0 bridgehead atoms. The second-order valence-electron chi connectivity index (χ2n) is 4.61. The Morgan fingerprint density at radius 2 is 2.00 bits per heavy atom. The number of alkyl halides is 1. The molecule has 96 valence electrons. The van der Waals surface area contributed by atoms with Gasteiger partial charge in [0, 0.05) is 0 Å². The molecule has 0 N–H and O–H groups in total. The highest BCUT2D eigenvalue weighted by Gasteiger charge is 2.72. The van der Waals surface area contributed by atoms with E-state index in [0.717, 1.165) is 12.0 Å². The lowest BCUT2D eigenvalue weighted by Crippen LogP contribution is -2.64. The molecule has 0 unspecified atom stereocenters. The Balaban J connectivity index is 2.55. The number of sulfone groups is 1. The van der Waals surface area contributed by atoms with Gasteiger partial charge >= 0.3 is 5.97 Å². The molecule has 0 aromatic carbocycles. The van der Waals surface area contributed by atoms with Gasteiger partial charge in [0.25, 0.3) is 0 Å². The summed E-state index contributed by atoms with van der Waals surface area (Å²) in [6.07, 6.45) is 0. The fourth-order valence-electron chi connectivity index (χ4n) is 2.34. The van der Waals surface area contributed by atoms with Gasteiger partial charge < -0.3 is 9.64 Å². The third-order valence-corrected chi connectivity index (χ3v) is 6.83. The van der Waals surface area contributed by atoms with Crippen molar-refractivity contribution >= 4 is 33.3 Å². The molecule has 2 aliphatic heterocycles. The topological polar surface area (TPSA) is 80.8 Å². The third-order valence-electron chi connectivity index (χ3n) is 3.43. The Kier molecular flexibility index (Phi) is 2.49. The highest BCUT2D eigenvalue weighted by Crippen LogP contribution is 2.47. The zero-order valence-electron chi connectivity index (χ0n) is 9.51. The van der Waals surface area contributed by atoms with Gasteiger partial charge in [0.05, 0.1) is 7.11 Å². The van der Waals surface area contributed by atoms with E-state index in [1.807, 2.05) is 0 Å². The van der Waals surface area contributed by atoms with E-state index in [0.29, 0.717) is 0 Å². The van der Waals surface area contributed by atoms with Gasteiger partial charge in [-0.3, -0.25) is 4.79 Å². The molecule has 0 spiro atoms. The molecule has 2 heterocycles. The van der Waals surface area contributed by atoms with Crippen molar-refractivity contribution in [2.45, 2.75) is 35.4 Å². The van der Waals surface area contributed by atoms with Gasteiger partial charge in [-0.05, 0) is 13.8 Å². The summed E-state index contributed by atoms with van der Waals surface area (Å²) in [7, 11) is -2.53. The van der Waals surface area contributed by atoms with Crippen molar-refractivity contribution in [3.8, 4) is 0 Å². The lowest BCUT2D eigenvalue weighted by molar-refractivity contribution is -0.158. The first kappa shape index (κ1) is 12.6. The van der Waals surface area contributed by atoms with Crippen LogP contribution in [0.5, 0.6) is 0 Å². The van der Waals surface area contributed by atoms with Gasteiger partial charge in [-0.25, -0.2) is 13.2 Å². The van der Waals surface area contributed by atoms with Crippen molar-refractivity contribution in [1.29, 1.82) is 0 Å². The number of halogens is 1. The first-order valence-corrected chi connectivity index (χ1v) is 6.93. The van der Waals surface area contributed by atoms with E-state index in [1.165, 1.54) is 13.8 Å². The van der Waals surface area contributed by atoms with E-state index in [2.05, 4.69) is 4.74 Å². The Hall–Kier alpha value is -0.820. The minimum Gasteiger partial charge on any atom is -0.467 e. The van der Waals surface area contributed by atoms with Gasteiger partial charge in [-0.15, -0.1) is 11.6 Å². The number of β-lactam (4-membered cyclic amide) rings is 1. The average Bonchev–Trinajstić information content (AvgIpc) is 2.40. The summed E-state index contributed by atoms with van der Waals surface area (Å²) >= 11 is 5.70. The van der Waals surface area contributed by atoms with Crippen molar-refractivity contribution in [1.82, 2.24) is 4.90 Å². The predicted molar refractivity (Wildman–Crippen MR) is 59.1 cm³/mol. The van der Waals surface area contributed by atoms with Crippen LogP contribution in [0.2, 0.25) is 0 Å².